The molecule has 2 rings (SSSR count). The van der Waals surface area contributed by atoms with Crippen molar-refractivity contribution in [3.8, 4) is 0 Å². The van der Waals surface area contributed by atoms with Gasteiger partial charge in [-0.15, -0.1) is 0 Å². The molecule has 1 aromatic rings. The predicted molar refractivity (Wildman–Crippen MR) is 108 cm³/mol. The fraction of sp³-hybridized carbons (Fsp3) is 0.600. The van der Waals surface area contributed by atoms with Gasteiger partial charge < -0.3 is 20.4 Å². The Bertz CT molecular complexity index is 579. The van der Waals surface area contributed by atoms with Gasteiger partial charge in [-0.1, -0.05) is 32.0 Å². The van der Waals surface area contributed by atoms with Crippen molar-refractivity contribution in [1.82, 2.24) is 15.1 Å². The van der Waals surface area contributed by atoms with Gasteiger partial charge in [0.25, 0.3) is 0 Å². The van der Waals surface area contributed by atoms with Crippen LogP contribution >= 0.6 is 0 Å². The molecule has 1 saturated heterocycles. The maximum absolute atomic E-state index is 11.5. The first-order chi connectivity index (χ1) is 12.5. The van der Waals surface area contributed by atoms with E-state index in [4.69, 9.17) is 4.99 Å². The fourth-order valence-electron chi connectivity index (χ4n) is 3.02. The van der Waals surface area contributed by atoms with Crippen LogP contribution in [0.3, 0.4) is 0 Å². The largest absolute Gasteiger partial charge is 0.380 e. The van der Waals surface area contributed by atoms with Crippen LogP contribution in [0.5, 0.6) is 0 Å². The topological polar surface area (TPSA) is 60.0 Å². The summed E-state index contributed by atoms with van der Waals surface area (Å²) in [5.41, 5.74) is 1.13. The molecule has 0 spiro atoms. The number of benzene rings is 1. The van der Waals surface area contributed by atoms with Gasteiger partial charge in [-0.2, -0.15) is 0 Å². The molecule has 0 bridgehead atoms. The number of nitrogens with one attached hydrogen (secondary N) is 2. The minimum absolute atomic E-state index is 0.151. The lowest BCUT2D eigenvalue weighted by atomic mass is 10.0. The van der Waals surface area contributed by atoms with Gasteiger partial charge in [0.1, 0.15) is 0 Å². The van der Waals surface area contributed by atoms with E-state index < -0.39 is 0 Å². The molecule has 0 radical (unpaired) electrons. The number of aliphatic imine (C=N–C) groups is 1. The first-order valence-electron chi connectivity index (χ1n) is 9.61. The van der Waals surface area contributed by atoms with Crippen LogP contribution in [0.25, 0.3) is 0 Å². The second-order valence-electron chi connectivity index (χ2n) is 7.05. The first kappa shape index (κ1) is 20.1. The van der Waals surface area contributed by atoms with Crippen LogP contribution in [-0.2, 0) is 4.79 Å². The second kappa shape index (κ2) is 10.0. The Morgan fingerprint density at radius 1 is 1.12 bits per heavy atom. The monoisotopic (exact) mass is 359 g/mol. The van der Waals surface area contributed by atoms with Crippen LogP contribution in [-0.4, -0.2) is 67.0 Å². The van der Waals surface area contributed by atoms with E-state index in [1.54, 1.807) is 6.92 Å². The lowest BCUT2D eigenvalue weighted by molar-refractivity contribution is -0.130. The third-order valence-electron chi connectivity index (χ3n) is 4.73. The summed E-state index contributed by atoms with van der Waals surface area (Å²) >= 11 is 0. The van der Waals surface area contributed by atoms with Crippen molar-refractivity contribution in [2.45, 2.75) is 33.7 Å². The molecular weight excluding hydrogens is 326 g/mol. The maximum atomic E-state index is 11.5. The molecule has 0 saturated carbocycles. The Morgan fingerprint density at radius 2 is 1.73 bits per heavy atom. The molecule has 2 N–H and O–H groups in total. The number of anilines is 1. The van der Waals surface area contributed by atoms with Crippen LogP contribution in [0, 0.1) is 5.92 Å². The zero-order valence-electron chi connectivity index (χ0n) is 16.5. The van der Waals surface area contributed by atoms with Crippen molar-refractivity contribution in [3.63, 3.8) is 0 Å². The predicted octanol–water partition coefficient (Wildman–Crippen LogP) is 2.25. The summed E-state index contributed by atoms with van der Waals surface area (Å²) in [4.78, 5) is 20.6. The van der Waals surface area contributed by atoms with Gasteiger partial charge in [0, 0.05) is 51.4 Å². The Labute approximate surface area is 157 Å². The number of hydrogen-bond donors (Lipinski definition) is 2. The van der Waals surface area contributed by atoms with Crippen molar-refractivity contribution in [2.75, 3.05) is 44.6 Å². The van der Waals surface area contributed by atoms with E-state index >= 15 is 0 Å². The fourth-order valence-corrected chi connectivity index (χ4v) is 3.02. The Kier molecular flexibility index (Phi) is 7.75. The third kappa shape index (κ3) is 5.93. The quantitative estimate of drug-likeness (QED) is 0.604. The summed E-state index contributed by atoms with van der Waals surface area (Å²) in [6.07, 6.45) is 0. The number of rotatable bonds is 6. The summed E-state index contributed by atoms with van der Waals surface area (Å²) in [6.45, 7) is 12.9. The van der Waals surface area contributed by atoms with Gasteiger partial charge in [-0.25, -0.2) is 0 Å². The SMILES string of the molecule is CCNC(=NCC(Nc1ccccc1)C(C)C)N1CCN(C(C)=O)CC1. The van der Waals surface area contributed by atoms with E-state index in [-0.39, 0.29) is 11.9 Å². The zero-order chi connectivity index (χ0) is 18.9. The van der Waals surface area contributed by atoms with Gasteiger partial charge in [-0.05, 0) is 25.0 Å². The van der Waals surface area contributed by atoms with Crippen LogP contribution in [0.1, 0.15) is 27.7 Å². The second-order valence-corrected chi connectivity index (χ2v) is 7.05. The number of carbonyl (C=O) groups excluding carboxylic acids is 1. The highest BCUT2D eigenvalue weighted by molar-refractivity contribution is 5.80. The van der Waals surface area contributed by atoms with E-state index in [1.807, 2.05) is 23.1 Å². The van der Waals surface area contributed by atoms with Crippen molar-refractivity contribution < 1.29 is 4.79 Å². The molecule has 6 nitrogen and oxygen atoms in total. The van der Waals surface area contributed by atoms with Crippen LogP contribution in [0.15, 0.2) is 35.3 Å². The van der Waals surface area contributed by atoms with E-state index in [9.17, 15) is 4.79 Å². The van der Waals surface area contributed by atoms with Crippen molar-refractivity contribution in [1.29, 1.82) is 0 Å². The van der Waals surface area contributed by atoms with Crippen molar-refractivity contribution >= 4 is 17.6 Å². The lowest BCUT2D eigenvalue weighted by Crippen LogP contribution is -2.53. The molecule has 1 heterocycles. The van der Waals surface area contributed by atoms with E-state index in [1.165, 1.54) is 0 Å². The molecule has 1 fully saturated rings. The molecule has 0 aromatic heterocycles. The number of hydrogen-bond acceptors (Lipinski definition) is 3. The number of amides is 1. The smallest absolute Gasteiger partial charge is 0.219 e. The standard InChI is InChI=1S/C20H33N5O/c1-5-21-20(25-13-11-24(12-14-25)17(4)26)22-15-19(16(2)3)23-18-9-7-6-8-10-18/h6-10,16,19,23H,5,11-15H2,1-4H3,(H,21,22). The maximum Gasteiger partial charge on any atom is 0.219 e. The highest BCUT2D eigenvalue weighted by atomic mass is 16.2. The number of guanidine groups is 1. The Morgan fingerprint density at radius 3 is 2.27 bits per heavy atom. The van der Waals surface area contributed by atoms with Crippen molar-refractivity contribution in [2.24, 2.45) is 10.9 Å². The normalized spacial score (nSPS) is 16.6. The number of nitrogens with zero attached hydrogens (tertiary/aromatic N) is 3. The van der Waals surface area contributed by atoms with Crippen molar-refractivity contribution in [3.05, 3.63) is 30.3 Å². The molecule has 1 aromatic carbocycles. The first-order valence-corrected chi connectivity index (χ1v) is 9.61. The Balaban J connectivity index is 2.00. The number of para-hydroxylation sites is 1. The summed E-state index contributed by atoms with van der Waals surface area (Å²) in [7, 11) is 0. The molecule has 26 heavy (non-hydrogen) atoms. The molecule has 1 aliphatic rings. The van der Waals surface area contributed by atoms with E-state index in [0.717, 1.165) is 44.4 Å². The molecular formula is C20H33N5O. The molecule has 1 amide bonds. The average molecular weight is 360 g/mol. The summed E-state index contributed by atoms with van der Waals surface area (Å²) in [5, 5.41) is 6.99. The highest BCUT2D eigenvalue weighted by Gasteiger charge is 2.21. The van der Waals surface area contributed by atoms with Crippen LogP contribution < -0.4 is 10.6 Å². The van der Waals surface area contributed by atoms with Gasteiger partial charge in [-0.3, -0.25) is 9.79 Å². The van der Waals surface area contributed by atoms with Gasteiger partial charge in [0.2, 0.25) is 5.91 Å². The molecule has 6 heteroatoms. The third-order valence-corrected chi connectivity index (χ3v) is 4.73. The molecule has 144 valence electrons. The number of piperazine rings is 1. The molecule has 0 aliphatic carbocycles. The van der Waals surface area contributed by atoms with Crippen LogP contribution in [0.4, 0.5) is 5.69 Å². The van der Waals surface area contributed by atoms with Gasteiger partial charge in [0.05, 0.1) is 6.54 Å². The number of carbonyl (C=O) groups is 1. The molecule has 1 atom stereocenters. The Hall–Kier alpha value is -2.24. The summed E-state index contributed by atoms with van der Waals surface area (Å²) in [5.74, 6) is 1.56. The summed E-state index contributed by atoms with van der Waals surface area (Å²) in [6, 6.07) is 10.6. The minimum atomic E-state index is 0.151. The minimum Gasteiger partial charge on any atom is -0.380 e. The highest BCUT2D eigenvalue weighted by Crippen LogP contribution is 2.13. The average Bonchev–Trinajstić information content (AvgIpc) is 2.64. The summed E-state index contributed by atoms with van der Waals surface area (Å²) < 4.78 is 0. The van der Waals surface area contributed by atoms with E-state index in [0.29, 0.717) is 12.5 Å². The molecule has 1 unspecified atom stereocenters. The van der Waals surface area contributed by atoms with E-state index in [2.05, 4.69) is 48.4 Å². The molecule has 1 aliphatic heterocycles. The van der Waals surface area contributed by atoms with Crippen LogP contribution in [0.2, 0.25) is 0 Å². The van der Waals surface area contributed by atoms with Gasteiger partial charge >= 0.3 is 0 Å². The van der Waals surface area contributed by atoms with Gasteiger partial charge in [0.15, 0.2) is 5.96 Å². The zero-order valence-corrected chi connectivity index (χ0v) is 16.5. The lowest BCUT2D eigenvalue weighted by Gasteiger charge is -2.36.